The second kappa shape index (κ2) is 8.61. The summed E-state index contributed by atoms with van der Waals surface area (Å²) in [6.45, 7) is 2.07. The summed E-state index contributed by atoms with van der Waals surface area (Å²) >= 11 is 0. The van der Waals surface area contributed by atoms with Crippen LogP contribution < -0.4 is 15.1 Å². The lowest BCUT2D eigenvalue weighted by Gasteiger charge is -2.49. The van der Waals surface area contributed by atoms with E-state index in [4.69, 9.17) is 0 Å². The summed E-state index contributed by atoms with van der Waals surface area (Å²) in [5, 5.41) is 2.94. The molecule has 2 aliphatic rings. The summed E-state index contributed by atoms with van der Waals surface area (Å²) in [6, 6.07) is 21.3. The van der Waals surface area contributed by atoms with Crippen molar-refractivity contribution in [2.75, 3.05) is 29.4 Å². The quantitative estimate of drug-likeness (QED) is 0.672. The molecule has 0 aromatic heterocycles. The second-order valence-corrected chi connectivity index (χ2v) is 8.41. The molecule has 0 aliphatic carbocycles. The molecule has 1 saturated heterocycles. The van der Waals surface area contributed by atoms with Gasteiger partial charge in [-0.15, -0.1) is 0 Å². The number of anilines is 2. The molecule has 6 heteroatoms. The van der Waals surface area contributed by atoms with E-state index in [0.29, 0.717) is 37.3 Å². The maximum absolute atomic E-state index is 14.5. The van der Waals surface area contributed by atoms with Gasteiger partial charge < -0.3 is 15.1 Å². The minimum absolute atomic E-state index is 0.0983. The summed E-state index contributed by atoms with van der Waals surface area (Å²) in [5.41, 5.74) is 3.31. The number of rotatable bonds is 4. The van der Waals surface area contributed by atoms with Gasteiger partial charge in [-0.3, -0.25) is 4.79 Å². The Kier molecular flexibility index (Phi) is 5.52. The van der Waals surface area contributed by atoms with Crippen LogP contribution in [0, 0.1) is 17.6 Å². The molecule has 32 heavy (non-hydrogen) atoms. The minimum atomic E-state index is -0.327. The average molecular weight is 434 g/mol. The van der Waals surface area contributed by atoms with Crippen molar-refractivity contribution in [3.63, 3.8) is 0 Å². The van der Waals surface area contributed by atoms with Crippen LogP contribution in [0.4, 0.5) is 20.2 Å². The first-order valence-corrected chi connectivity index (χ1v) is 11.0. The fourth-order valence-corrected chi connectivity index (χ4v) is 4.94. The molecule has 0 bridgehead atoms. The van der Waals surface area contributed by atoms with E-state index in [1.54, 1.807) is 30.3 Å². The molecule has 2 aliphatic heterocycles. The van der Waals surface area contributed by atoms with Crippen LogP contribution in [0.3, 0.4) is 0 Å². The van der Waals surface area contributed by atoms with Crippen molar-refractivity contribution in [1.82, 2.24) is 5.32 Å². The van der Waals surface area contributed by atoms with Crippen LogP contribution in [-0.2, 0) is 17.8 Å². The van der Waals surface area contributed by atoms with Crippen molar-refractivity contribution in [2.24, 2.45) is 5.92 Å². The zero-order valence-corrected chi connectivity index (χ0v) is 17.7. The first-order valence-electron chi connectivity index (χ1n) is 11.0. The maximum atomic E-state index is 14.5. The van der Waals surface area contributed by atoms with Gasteiger partial charge in [-0.05, 0) is 36.2 Å². The zero-order valence-electron chi connectivity index (χ0n) is 17.7. The number of hydrogen-bond donors (Lipinski definition) is 1. The van der Waals surface area contributed by atoms with Crippen molar-refractivity contribution < 1.29 is 13.6 Å². The molecule has 164 valence electrons. The largest absolute Gasteiger partial charge is 0.365 e. The third-order valence-electron chi connectivity index (χ3n) is 6.56. The number of nitrogens with zero attached hydrogens (tertiary/aromatic N) is 2. The summed E-state index contributed by atoms with van der Waals surface area (Å²) < 4.78 is 28.5. The smallest absolute Gasteiger partial charge is 0.225 e. The van der Waals surface area contributed by atoms with Gasteiger partial charge >= 0.3 is 0 Å². The molecule has 0 spiro atoms. The van der Waals surface area contributed by atoms with Crippen LogP contribution in [0.2, 0.25) is 0 Å². The summed E-state index contributed by atoms with van der Waals surface area (Å²) in [7, 11) is 0. The average Bonchev–Trinajstić information content (AvgIpc) is 2.83. The van der Waals surface area contributed by atoms with E-state index in [-0.39, 0.29) is 36.0 Å². The van der Waals surface area contributed by atoms with Gasteiger partial charge in [0.2, 0.25) is 5.91 Å². The highest BCUT2D eigenvalue weighted by atomic mass is 19.1. The number of nitrogens with one attached hydrogen (secondary N) is 1. The van der Waals surface area contributed by atoms with Crippen molar-refractivity contribution in [3.05, 3.63) is 95.6 Å². The molecule has 4 nitrogen and oxygen atoms in total. The number of benzene rings is 3. The first kappa shape index (κ1) is 20.5. The van der Waals surface area contributed by atoms with Gasteiger partial charge in [0.25, 0.3) is 0 Å². The molecular weight excluding hydrogens is 408 g/mol. The minimum Gasteiger partial charge on any atom is -0.365 e. The van der Waals surface area contributed by atoms with Gasteiger partial charge in [0.15, 0.2) is 0 Å². The number of hydrogen-bond acceptors (Lipinski definition) is 3. The van der Waals surface area contributed by atoms with E-state index in [1.165, 1.54) is 12.1 Å². The Hall–Kier alpha value is -3.41. The molecule has 0 saturated carbocycles. The molecule has 0 radical (unpaired) electrons. The fourth-order valence-electron chi connectivity index (χ4n) is 4.94. The number of carbonyl (C=O) groups excluding carboxylic acids is 1. The molecule has 0 unspecified atom stereocenters. The van der Waals surface area contributed by atoms with E-state index >= 15 is 0 Å². The zero-order chi connectivity index (χ0) is 22.1. The molecule has 1 amide bonds. The van der Waals surface area contributed by atoms with E-state index in [1.807, 2.05) is 23.1 Å². The summed E-state index contributed by atoms with van der Waals surface area (Å²) in [5.74, 6) is -0.996. The molecule has 1 fully saturated rings. The molecule has 3 aromatic carbocycles. The van der Waals surface area contributed by atoms with Crippen LogP contribution >= 0.6 is 0 Å². The SMILES string of the molecule is O=C(NCc1ccccc1F)[C@H]1Cc2ccccc2N2CCN(c3ccccc3F)C[C@@H]12. The Morgan fingerprint density at radius 2 is 1.56 bits per heavy atom. The monoisotopic (exact) mass is 433 g/mol. The molecule has 5 rings (SSSR count). The Balaban J connectivity index is 1.41. The van der Waals surface area contributed by atoms with Crippen molar-refractivity contribution >= 4 is 17.3 Å². The van der Waals surface area contributed by atoms with Gasteiger partial charge in [0.05, 0.1) is 17.6 Å². The van der Waals surface area contributed by atoms with E-state index < -0.39 is 0 Å². The Labute approximate surface area is 186 Å². The van der Waals surface area contributed by atoms with Gasteiger partial charge in [-0.2, -0.15) is 0 Å². The van der Waals surface area contributed by atoms with Gasteiger partial charge in [0, 0.05) is 37.4 Å². The van der Waals surface area contributed by atoms with Crippen molar-refractivity contribution in [2.45, 2.75) is 19.0 Å². The highest BCUT2D eigenvalue weighted by Crippen LogP contribution is 2.37. The second-order valence-electron chi connectivity index (χ2n) is 8.41. The van der Waals surface area contributed by atoms with E-state index in [0.717, 1.165) is 11.3 Å². The third-order valence-corrected chi connectivity index (χ3v) is 6.56. The summed E-state index contributed by atoms with van der Waals surface area (Å²) in [4.78, 5) is 17.6. The van der Waals surface area contributed by atoms with Crippen LogP contribution in [-0.4, -0.2) is 31.6 Å². The van der Waals surface area contributed by atoms with Crippen LogP contribution in [0.5, 0.6) is 0 Å². The maximum Gasteiger partial charge on any atom is 0.225 e. The van der Waals surface area contributed by atoms with Crippen molar-refractivity contribution in [3.8, 4) is 0 Å². The van der Waals surface area contributed by atoms with Crippen LogP contribution in [0.25, 0.3) is 0 Å². The molecule has 1 N–H and O–H groups in total. The lowest BCUT2D eigenvalue weighted by Crippen LogP contribution is -2.61. The molecule has 2 atom stereocenters. The Morgan fingerprint density at radius 1 is 0.875 bits per heavy atom. The van der Waals surface area contributed by atoms with Gasteiger partial charge in [-0.1, -0.05) is 48.5 Å². The lowest BCUT2D eigenvalue weighted by atomic mass is 9.83. The first-order chi connectivity index (χ1) is 15.6. The highest BCUT2D eigenvalue weighted by molar-refractivity contribution is 5.82. The lowest BCUT2D eigenvalue weighted by molar-refractivity contribution is -0.126. The number of amides is 1. The summed E-state index contributed by atoms with van der Waals surface area (Å²) in [6.07, 6.45) is 0.603. The van der Waals surface area contributed by atoms with E-state index in [2.05, 4.69) is 22.3 Å². The number of fused-ring (bicyclic) bond motifs is 3. The van der Waals surface area contributed by atoms with Crippen molar-refractivity contribution in [1.29, 1.82) is 0 Å². The predicted molar refractivity (Wildman–Crippen MR) is 122 cm³/mol. The number of carbonyl (C=O) groups is 1. The Bertz CT molecular complexity index is 1140. The van der Waals surface area contributed by atoms with Gasteiger partial charge in [-0.25, -0.2) is 8.78 Å². The predicted octanol–water partition coefficient (Wildman–Crippen LogP) is 4.15. The Morgan fingerprint density at radius 3 is 2.34 bits per heavy atom. The molecule has 2 heterocycles. The van der Waals surface area contributed by atoms with Crippen LogP contribution in [0.1, 0.15) is 11.1 Å². The molecular formula is C26H25F2N3O. The highest BCUT2D eigenvalue weighted by Gasteiger charge is 2.41. The van der Waals surface area contributed by atoms with E-state index in [9.17, 15) is 13.6 Å². The number of piperazine rings is 1. The number of para-hydroxylation sites is 2. The van der Waals surface area contributed by atoms with Crippen LogP contribution in [0.15, 0.2) is 72.8 Å². The fraction of sp³-hybridized carbons (Fsp3) is 0.269. The standard InChI is InChI=1S/C26H25F2N3O/c27-21-9-3-1-8-19(21)16-29-26(32)20-15-18-7-2-5-11-23(18)31-14-13-30(17-25(20)31)24-12-6-4-10-22(24)28/h1-12,20,25H,13-17H2,(H,29,32)/t20-,25-/m0/s1. The molecule has 3 aromatic rings. The normalized spacial score (nSPS) is 19.8. The topological polar surface area (TPSA) is 35.6 Å². The number of halogens is 2. The van der Waals surface area contributed by atoms with Gasteiger partial charge in [0.1, 0.15) is 11.6 Å². The third kappa shape index (κ3) is 3.81.